The highest BCUT2D eigenvalue weighted by atomic mass is 32.1. The molecule has 3 heterocycles. The van der Waals surface area contributed by atoms with E-state index in [1.165, 1.54) is 0 Å². The first-order valence-corrected chi connectivity index (χ1v) is 8.91. The van der Waals surface area contributed by atoms with Crippen molar-refractivity contribution in [1.29, 1.82) is 0 Å². The Labute approximate surface area is 149 Å². The first-order valence-electron chi connectivity index (χ1n) is 8.09. The van der Waals surface area contributed by atoms with Crippen LogP contribution in [0.4, 0.5) is 5.13 Å². The zero-order valence-electron chi connectivity index (χ0n) is 13.8. The van der Waals surface area contributed by atoms with E-state index in [-0.39, 0.29) is 11.8 Å². The number of amides is 1. The Morgan fingerprint density at radius 1 is 1.40 bits per heavy atom. The number of hydrogen-bond donors (Lipinski definition) is 1. The quantitative estimate of drug-likeness (QED) is 0.762. The van der Waals surface area contributed by atoms with Crippen molar-refractivity contribution >= 4 is 32.6 Å². The molecule has 1 aliphatic heterocycles. The maximum absolute atomic E-state index is 12.2. The van der Waals surface area contributed by atoms with Gasteiger partial charge >= 0.3 is 0 Å². The average molecular weight is 354 g/mol. The molecule has 0 radical (unpaired) electrons. The summed E-state index contributed by atoms with van der Waals surface area (Å²) in [4.78, 5) is 23.1. The number of benzene rings is 1. The van der Waals surface area contributed by atoms with E-state index in [9.17, 15) is 4.79 Å². The van der Waals surface area contributed by atoms with Gasteiger partial charge in [-0.05, 0) is 29.8 Å². The van der Waals surface area contributed by atoms with Gasteiger partial charge in [0.25, 0.3) is 0 Å². The van der Waals surface area contributed by atoms with Gasteiger partial charge in [-0.15, -0.1) is 0 Å². The molecular formula is C18H18N4O2S. The summed E-state index contributed by atoms with van der Waals surface area (Å²) in [7, 11) is 1.66. The number of ether oxygens (including phenoxy) is 1. The Morgan fingerprint density at radius 2 is 2.28 bits per heavy atom. The minimum atomic E-state index is 0.0122. The van der Waals surface area contributed by atoms with Crippen molar-refractivity contribution in [3.63, 3.8) is 0 Å². The molecule has 2 aromatic heterocycles. The van der Waals surface area contributed by atoms with Crippen LogP contribution in [-0.4, -0.2) is 36.1 Å². The van der Waals surface area contributed by atoms with Crippen molar-refractivity contribution in [2.45, 2.75) is 6.54 Å². The van der Waals surface area contributed by atoms with Crippen LogP contribution in [0, 0.1) is 5.92 Å². The maximum atomic E-state index is 12.2. The van der Waals surface area contributed by atoms with Gasteiger partial charge in [-0.2, -0.15) is 0 Å². The lowest BCUT2D eigenvalue weighted by molar-refractivity contribution is -0.125. The first kappa shape index (κ1) is 15.8. The fourth-order valence-corrected chi connectivity index (χ4v) is 3.80. The number of nitrogens with one attached hydrogen (secondary N) is 1. The van der Waals surface area contributed by atoms with Crippen LogP contribution < -0.4 is 15.0 Å². The predicted octanol–water partition coefficient (Wildman–Crippen LogP) is 2.45. The molecule has 1 aromatic carbocycles. The largest absolute Gasteiger partial charge is 0.497 e. The minimum Gasteiger partial charge on any atom is -0.497 e. The van der Waals surface area contributed by atoms with Crippen LogP contribution in [0.5, 0.6) is 5.75 Å². The fourth-order valence-electron chi connectivity index (χ4n) is 2.79. The Bertz CT molecular complexity index is 890. The van der Waals surface area contributed by atoms with Gasteiger partial charge in [0, 0.05) is 32.0 Å². The first-order chi connectivity index (χ1) is 12.2. The molecule has 0 atom stereocenters. The maximum Gasteiger partial charge on any atom is 0.226 e. The van der Waals surface area contributed by atoms with Crippen molar-refractivity contribution < 1.29 is 9.53 Å². The lowest BCUT2D eigenvalue weighted by Gasteiger charge is -2.37. The molecule has 4 rings (SSSR count). The number of nitrogens with zero attached hydrogens (tertiary/aromatic N) is 3. The number of methoxy groups -OCH3 is 1. The van der Waals surface area contributed by atoms with Crippen molar-refractivity contribution in [3.05, 3.63) is 48.3 Å². The molecule has 0 aliphatic carbocycles. The number of hydrogen-bond acceptors (Lipinski definition) is 6. The lowest BCUT2D eigenvalue weighted by Crippen LogP contribution is -2.53. The Kier molecular flexibility index (Phi) is 4.23. The number of fused-ring (bicyclic) bond motifs is 1. The normalized spacial score (nSPS) is 14.4. The summed E-state index contributed by atoms with van der Waals surface area (Å²) in [5.74, 6) is 0.931. The molecule has 7 heteroatoms. The van der Waals surface area contributed by atoms with Crippen LogP contribution >= 0.6 is 11.3 Å². The van der Waals surface area contributed by atoms with Gasteiger partial charge in [0.15, 0.2) is 5.13 Å². The van der Waals surface area contributed by atoms with Gasteiger partial charge in [-0.1, -0.05) is 17.4 Å². The summed E-state index contributed by atoms with van der Waals surface area (Å²) >= 11 is 1.63. The van der Waals surface area contributed by atoms with E-state index in [0.29, 0.717) is 19.6 Å². The van der Waals surface area contributed by atoms with Crippen LogP contribution in [0.2, 0.25) is 0 Å². The molecule has 6 nitrogen and oxygen atoms in total. The van der Waals surface area contributed by atoms with Crippen molar-refractivity contribution in [2.75, 3.05) is 25.1 Å². The summed E-state index contributed by atoms with van der Waals surface area (Å²) in [6, 6.07) is 9.70. The molecule has 1 N–H and O–H groups in total. The highest BCUT2D eigenvalue weighted by molar-refractivity contribution is 7.22. The molecule has 0 bridgehead atoms. The highest BCUT2D eigenvalue weighted by Gasteiger charge is 2.34. The van der Waals surface area contributed by atoms with Crippen molar-refractivity contribution in [1.82, 2.24) is 15.3 Å². The topological polar surface area (TPSA) is 67.3 Å². The number of pyridine rings is 1. The van der Waals surface area contributed by atoms with E-state index in [1.54, 1.807) is 30.8 Å². The van der Waals surface area contributed by atoms with Crippen molar-refractivity contribution in [2.24, 2.45) is 5.92 Å². The summed E-state index contributed by atoms with van der Waals surface area (Å²) in [6.45, 7) is 1.93. The molecule has 1 aliphatic rings. The summed E-state index contributed by atoms with van der Waals surface area (Å²) < 4.78 is 6.35. The van der Waals surface area contributed by atoms with Crippen LogP contribution in [0.25, 0.3) is 10.2 Å². The number of carbonyl (C=O) groups excluding carboxylic acids is 1. The van der Waals surface area contributed by atoms with E-state index in [0.717, 1.165) is 26.7 Å². The average Bonchev–Trinajstić information content (AvgIpc) is 3.02. The third kappa shape index (κ3) is 3.28. The number of aromatic nitrogens is 2. The zero-order chi connectivity index (χ0) is 17.2. The smallest absolute Gasteiger partial charge is 0.226 e. The lowest BCUT2D eigenvalue weighted by atomic mass is 10.00. The second-order valence-electron chi connectivity index (χ2n) is 6.01. The van der Waals surface area contributed by atoms with Gasteiger partial charge in [-0.3, -0.25) is 9.78 Å². The fraction of sp³-hybridized carbons (Fsp3) is 0.278. The second kappa shape index (κ2) is 6.68. The zero-order valence-corrected chi connectivity index (χ0v) is 14.6. The third-order valence-corrected chi connectivity index (χ3v) is 5.38. The predicted molar refractivity (Wildman–Crippen MR) is 98.0 cm³/mol. The minimum absolute atomic E-state index is 0.0122. The van der Waals surface area contributed by atoms with Gasteiger partial charge < -0.3 is 15.0 Å². The molecule has 0 saturated carbocycles. The molecule has 0 unspecified atom stereocenters. The van der Waals surface area contributed by atoms with E-state index in [1.807, 2.05) is 30.3 Å². The van der Waals surface area contributed by atoms with E-state index in [4.69, 9.17) is 4.74 Å². The summed E-state index contributed by atoms with van der Waals surface area (Å²) in [5.41, 5.74) is 1.97. The SMILES string of the molecule is COc1ccc2nc(N3CC(C(=O)NCc4cccnc4)C3)sc2c1. The molecular weight excluding hydrogens is 336 g/mol. The molecule has 1 fully saturated rings. The third-order valence-electron chi connectivity index (χ3n) is 4.30. The Hall–Kier alpha value is -2.67. The Morgan fingerprint density at radius 3 is 3.04 bits per heavy atom. The number of rotatable bonds is 5. The molecule has 1 amide bonds. The summed E-state index contributed by atoms with van der Waals surface area (Å²) in [5, 5.41) is 3.93. The van der Waals surface area contributed by atoms with Crippen LogP contribution in [0.1, 0.15) is 5.56 Å². The standard InChI is InChI=1S/C18H18N4O2S/c1-24-14-4-5-15-16(7-14)25-18(21-15)22-10-13(11-22)17(23)20-9-12-3-2-6-19-8-12/h2-8,13H,9-11H2,1H3,(H,20,23). The number of carbonyl (C=O) groups is 1. The Balaban J connectivity index is 1.34. The van der Waals surface area contributed by atoms with Gasteiger partial charge in [0.2, 0.25) is 5.91 Å². The molecule has 0 spiro atoms. The van der Waals surface area contributed by atoms with Gasteiger partial charge in [-0.25, -0.2) is 4.98 Å². The molecule has 128 valence electrons. The second-order valence-corrected chi connectivity index (χ2v) is 7.02. The number of thiazole rings is 1. The van der Waals surface area contributed by atoms with Crippen LogP contribution in [-0.2, 0) is 11.3 Å². The van der Waals surface area contributed by atoms with Crippen LogP contribution in [0.15, 0.2) is 42.7 Å². The van der Waals surface area contributed by atoms with E-state index in [2.05, 4.69) is 20.2 Å². The molecule has 3 aromatic rings. The molecule has 25 heavy (non-hydrogen) atoms. The van der Waals surface area contributed by atoms with Crippen LogP contribution in [0.3, 0.4) is 0 Å². The monoisotopic (exact) mass is 354 g/mol. The van der Waals surface area contributed by atoms with Crippen molar-refractivity contribution in [3.8, 4) is 5.75 Å². The van der Waals surface area contributed by atoms with E-state index < -0.39 is 0 Å². The number of anilines is 1. The van der Waals surface area contributed by atoms with Gasteiger partial charge in [0.05, 0.1) is 23.2 Å². The van der Waals surface area contributed by atoms with Gasteiger partial charge in [0.1, 0.15) is 5.75 Å². The summed E-state index contributed by atoms with van der Waals surface area (Å²) in [6.07, 6.45) is 3.49. The molecule has 1 saturated heterocycles. The van der Waals surface area contributed by atoms with E-state index >= 15 is 0 Å². The highest BCUT2D eigenvalue weighted by Crippen LogP contribution is 2.34.